The minimum Gasteiger partial charge on any atom is -0.504 e. The Hall–Kier alpha value is -2.43. The minimum absolute atomic E-state index is 0.0819. The molecule has 0 fully saturated rings. The average molecular weight is 222 g/mol. The first kappa shape index (κ1) is 11.6. The number of phenolic OH excluding ortho intramolecular Hbond substituents is 3. The second-order valence-electron chi connectivity index (χ2n) is 2.83. The van der Waals surface area contributed by atoms with Crippen molar-refractivity contribution in [3.05, 3.63) is 42.7 Å². The van der Waals surface area contributed by atoms with E-state index in [1.807, 2.05) is 0 Å². The van der Waals surface area contributed by atoms with Gasteiger partial charge in [-0.3, -0.25) is 0 Å². The van der Waals surface area contributed by atoms with E-state index in [4.69, 9.17) is 15.3 Å². The number of carbonyl (C=O) groups is 1. The van der Waals surface area contributed by atoms with Gasteiger partial charge in [-0.15, -0.1) is 0 Å². The van der Waals surface area contributed by atoms with Crippen molar-refractivity contribution in [3.63, 3.8) is 0 Å². The van der Waals surface area contributed by atoms with Crippen LogP contribution < -0.4 is 0 Å². The van der Waals surface area contributed by atoms with Crippen LogP contribution in [0.1, 0.15) is 10.4 Å². The predicted octanol–water partition coefficient (Wildman–Crippen LogP) is 1.66. The van der Waals surface area contributed by atoms with E-state index in [1.54, 1.807) is 0 Å². The molecule has 16 heavy (non-hydrogen) atoms. The van der Waals surface area contributed by atoms with Crippen molar-refractivity contribution in [2.24, 2.45) is 0 Å². The van der Waals surface area contributed by atoms with Crippen molar-refractivity contribution >= 4 is 5.97 Å². The van der Waals surface area contributed by atoms with E-state index in [-0.39, 0.29) is 5.56 Å². The molecule has 0 spiro atoms. The van der Waals surface area contributed by atoms with Crippen molar-refractivity contribution < 1.29 is 24.9 Å². The second-order valence-corrected chi connectivity index (χ2v) is 2.83. The number of aromatic hydroxyl groups is 3. The van der Waals surface area contributed by atoms with Gasteiger partial charge in [-0.2, -0.15) is 0 Å². The van der Waals surface area contributed by atoms with Crippen LogP contribution in [0.2, 0.25) is 0 Å². The molecule has 5 nitrogen and oxygen atoms in total. The molecule has 5 heteroatoms. The first-order valence-corrected chi connectivity index (χ1v) is 4.29. The Morgan fingerprint density at radius 1 is 1.25 bits per heavy atom. The number of phenols is 3. The van der Waals surface area contributed by atoms with Gasteiger partial charge in [0.15, 0.2) is 17.2 Å². The van der Waals surface area contributed by atoms with Crippen LogP contribution in [-0.4, -0.2) is 21.3 Å². The second kappa shape index (κ2) is 4.88. The molecule has 0 aromatic heterocycles. The number of esters is 1. The number of carbonyl (C=O) groups excluding carboxylic acids is 1. The Labute approximate surface area is 91.5 Å². The van der Waals surface area contributed by atoms with Crippen LogP contribution in [0, 0.1) is 0 Å². The summed E-state index contributed by atoms with van der Waals surface area (Å²) in [4.78, 5) is 11.3. The summed E-state index contributed by atoms with van der Waals surface area (Å²) in [6.07, 6.45) is 3.92. The lowest BCUT2D eigenvalue weighted by atomic mass is 10.2. The van der Waals surface area contributed by atoms with Crippen molar-refractivity contribution in [2.75, 3.05) is 0 Å². The van der Waals surface area contributed by atoms with Gasteiger partial charge in [-0.25, -0.2) is 4.79 Å². The topological polar surface area (TPSA) is 87.0 Å². The van der Waals surface area contributed by atoms with Gasteiger partial charge < -0.3 is 20.1 Å². The van der Waals surface area contributed by atoms with Crippen LogP contribution in [0.25, 0.3) is 0 Å². The molecular weight excluding hydrogens is 212 g/mol. The maximum Gasteiger partial charge on any atom is 0.343 e. The van der Waals surface area contributed by atoms with Gasteiger partial charge >= 0.3 is 5.97 Å². The molecule has 0 bridgehead atoms. The third-order valence-electron chi connectivity index (χ3n) is 1.70. The monoisotopic (exact) mass is 222 g/mol. The summed E-state index contributed by atoms with van der Waals surface area (Å²) in [5, 5.41) is 27.3. The van der Waals surface area contributed by atoms with Crippen molar-refractivity contribution in [3.8, 4) is 17.2 Å². The van der Waals surface area contributed by atoms with E-state index in [0.717, 1.165) is 18.4 Å². The van der Waals surface area contributed by atoms with E-state index in [9.17, 15) is 4.79 Å². The molecule has 3 N–H and O–H groups in total. The number of hydrogen-bond acceptors (Lipinski definition) is 5. The van der Waals surface area contributed by atoms with Crippen LogP contribution >= 0.6 is 0 Å². The SMILES string of the molecule is C=CC=COC(=O)c1cc(O)c(O)c(O)c1. The lowest BCUT2D eigenvalue weighted by molar-refractivity contribution is 0.0662. The standard InChI is InChI=1S/C11H10O5/c1-2-3-4-16-11(15)7-5-8(12)10(14)9(13)6-7/h2-6,12-14H,1H2. The zero-order valence-corrected chi connectivity index (χ0v) is 8.25. The van der Waals surface area contributed by atoms with Gasteiger partial charge in [0.25, 0.3) is 0 Å². The highest BCUT2D eigenvalue weighted by Gasteiger charge is 2.13. The van der Waals surface area contributed by atoms with Crippen molar-refractivity contribution in [1.29, 1.82) is 0 Å². The molecule has 1 aromatic carbocycles. The normalized spacial score (nSPS) is 10.2. The van der Waals surface area contributed by atoms with Crippen molar-refractivity contribution in [2.45, 2.75) is 0 Å². The Bertz CT molecular complexity index is 425. The molecule has 0 radical (unpaired) electrons. The first-order valence-electron chi connectivity index (χ1n) is 4.29. The summed E-state index contributed by atoms with van der Waals surface area (Å²) in [6, 6.07) is 1.97. The quantitative estimate of drug-likeness (QED) is 0.313. The van der Waals surface area contributed by atoms with Gasteiger partial charge in [0, 0.05) is 0 Å². The number of rotatable bonds is 3. The summed E-state index contributed by atoms with van der Waals surface area (Å²) in [6.45, 7) is 3.38. The highest BCUT2D eigenvalue weighted by molar-refractivity contribution is 5.91. The fourth-order valence-corrected chi connectivity index (χ4v) is 0.947. The number of hydrogen-bond donors (Lipinski definition) is 3. The summed E-state index contributed by atoms with van der Waals surface area (Å²) in [7, 11) is 0. The molecule has 0 heterocycles. The molecule has 84 valence electrons. The maximum atomic E-state index is 11.3. The molecule has 0 aliphatic carbocycles. The Morgan fingerprint density at radius 3 is 2.31 bits per heavy atom. The van der Waals surface area contributed by atoms with Crippen LogP contribution in [0.3, 0.4) is 0 Å². The van der Waals surface area contributed by atoms with Crippen molar-refractivity contribution in [1.82, 2.24) is 0 Å². The molecule has 0 aliphatic rings. The Balaban J connectivity index is 2.92. The van der Waals surface area contributed by atoms with Gasteiger partial charge in [-0.05, 0) is 18.2 Å². The molecule has 1 aromatic rings. The smallest absolute Gasteiger partial charge is 0.343 e. The van der Waals surface area contributed by atoms with Gasteiger partial charge in [0.2, 0.25) is 0 Å². The van der Waals surface area contributed by atoms with E-state index in [0.29, 0.717) is 0 Å². The van der Waals surface area contributed by atoms with E-state index in [1.165, 1.54) is 12.2 Å². The summed E-state index contributed by atoms with van der Waals surface area (Å²) >= 11 is 0. The summed E-state index contributed by atoms with van der Waals surface area (Å²) < 4.78 is 4.62. The number of benzene rings is 1. The lowest BCUT2D eigenvalue weighted by Gasteiger charge is -2.03. The third-order valence-corrected chi connectivity index (χ3v) is 1.70. The fraction of sp³-hybridized carbons (Fsp3) is 0. The molecule has 0 unspecified atom stereocenters. The molecule has 0 saturated carbocycles. The molecule has 0 saturated heterocycles. The molecule has 0 amide bonds. The first-order chi connectivity index (χ1) is 7.56. The lowest BCUT2D eigenvalue weighted by Crippen LogP contribution is -2.00. The zero-order valence-electron chi connectivity index (χ0n) is 8.25. The third kappa shape index (κ3) is 2.54. The highest BCUT2D eigenvalue weighted by Crippen LogP contribution is 2.35. The number of allylic oxidation sites excluding steroid dienone is 2. The summed E-state index contributed by atoms with van der Waals surface area (Å²) in [5.74, 6) is -2.65. The summed E-state index contributed by atoms with van der Waals surface area (Å²) in [5.41, 5.74) is -0.0819. The average Bonchev–Trinajstić information content (AvgIpc) is 2.25. The van der Waals surface area contributed by atoms with Gasteiger partial charge in [-0.1, -0.05) is 12.7 Å². The largest absolute Gasteiger partial charge is 0.504 e. The van der Waals surface area contributed by atoms with Crippen LogP contribution in [0.4, 0.5) is 0 Å². The van der Waals surface area contributed by atoms with E-state index in [2.05, 4.69) is 11.3 Å². The van der Waals surface area contributed by atoms with Crippen LogP contribution in [0.15, 0.2) is 37.1 Å². The molecule has 0 aliphatic heterocycles. The maximum absolute atomic E-state index is 11.3. The molecule has 0 atom stereocenters. The molecular formula is C11H10O5. The van der Waals surface area contributed by atoms with E-state index >= 15 is 0 Å². The molecule has 1 rings (SSSR count). The highest BCUT2D eigenvalue weighted by atomic mass is 16.5. The van der Waals surface area contributed by atoms with Crippen LogP contribution in [0.5, 0.6) is 17.2 Å². The number of ether oxygens (including phenoxy) is 1. The van der Waals surface area contributed by atoms with Gasteiger partial charge in [0.05, 0.1) is 11.8 Å². The predicted molar refractivity (Wildman–Crippen MR) is 56.2 cm³/mol. The Morgan fingerprint density at radius 2 is 1.81 bits per heavy atom. The zero-order chi connectivity index (χ0) is 12.1. The van der Waals surface area contributed by atoms with Gasteiger partial charge in [0.1, 0.15) is 0 Å². The van der Waals surface area contributed by atoms with E-state index < -0.39 is 23.2 Å². The Kier molecular flexibility index (Phi) is 3.55. The minimum atomic E-state index is -0.774. The fourth-order valence-electron chi connectivity index (χ4n) is 0.947. The van der Waals surface area contributed by atoms with Crippen LogP contribution in [-0.2, 0) is 4.74 Å².